The van der Waals surface area contributed by atoms with Gasteiger partial charge in [-0.1, -0.05) is 0 Å². The van der Waals surface area contributed by atoms with Crippen molar-refractivity contribution in [2.75, 3.05) is 0 Å². The van der Waals surface area contributed by atoms with Crippen molar-refractivity contribution in [1.82, 2.24) is 20.2 Å². The zero-order chi connectivity index (χ0) is 6.97. The van der Waals surface area contributed by atoms with Crippen LogP contribution in [-0.2, 0) is 0 Å². The third kappa shape index (κ3) is 0.604. The number of fused-ring (bicyclic) bond motifs is 1. The smallest absolute Gasteiger partial charge is 0.274 e. The maximum atomic E-state index is 10.6. The van der Waals surface area contributed by atoms with Crippen LogP contribution >= 0.6 is 0 Å². The third-order valence-electron chi connectivity index (χ3n) is 1.18. The fourth-order valence-corrected chi connectivity index (χ4v) is 0.779. The van der Waals surface area contributed by atoms with Crippen molar-refractivity contribution < 1.29 is 0 Å². The molecule has 5 heteroatoms. The molecule has 5 nitrogen and oxygen atoms in total. The summed E-state index contributed by atoms with van der Waals surface area (Å²) < 4.78 is 0. The number of hydrogen-bond donors (Lipinski definition) is 2. The van der Waals surface area contributed by atoms with Crippen molar-refractivity contribution in [2.24, 2.45) is 0 Å². The molecule has 0 aromatic rings. The van der Waals surface area contributed by atoms with Crippen LogP contribution in [-0.4, -0.2) is 20.2 Å². The number of rotatable bonds is 0. The monoisotopic (exact) mass is 136 g/mol. The summed E-state index contributed by atoms with van der Waals surface area (Å²) in [6.07, 6.45) is 1.44. The molecule has 50 valence electrons. The molecule has 10 heavy (non-hydrogen) atoms. The first-order valence-electron chi connectivity index (χ1n) is 2.75. The number of H-pyrrole nitrogens is 2. The van der Waals surface area contributed by atoms with Gasteiger partial charge in [-0.15, -0.1) is 0 Å². The average molecular weight is 136 g/mol. The molecular formula is C5H4N4O. The average Bonchev–Trinajstić information content (AvgIpc) is 2.27. The summed E-state index contributed by atoms with van der Waals surface area (Å²) in [4.78, 5) is 18.0. The van der Waals surface area contributed by atoms with Gasteiger partial charge in [-0.3, -0.25) is 15.0 Å². The Morgan fingerprint density at radius 1 is 1.50 bits per heavy atom. The predicted octanol–water partition coefficient (Wildman–Crippen LogP) is -0.402. The van der Waals surface area contributed by atoms with Crippen LogP contribution in [0.3, 0.4) is 0 Å². The highest BCUT2D eigenvalue weighted by Crippen LogP contribution is 2.05. The van der Waals surface area contributed by atoms with Crippen LogP contribution in [0.25, 0.3) is 11.5 Å². The Kier molecular flexibility index (Phi) is 0.858. The minimum absolute atomic E-state index is 0.265. The Hall–Kier alpha value is -1.65. The summed E-state index contributed by atoms with van der Waals surface area (Å²) in [5.74, 6) is 0.448. The van der Waals surface area contributed by atoms with Crippen molar-refractivity contribution in [1.29, 1.82) is 0 Å². The topological polar surface area (TPSA) is 74.4 Å². The first-order valence-corrected chi connectivity index (χ1v) is 2.75. The highest BCUT2D eigenvalue weighted by Gasteiger charge is 2.05. The van der Waals surface area contributed by atoms with Gasteiger partial charge in [-0.05, 0) is 0 Å². The van der Waals surface area contributed by atoms with Gasteiger partial charge >= 0.3 is 0 Å². The van der Waals surface area contributed by atoms with E-state index in [2.05, 4.69) is 20.2 Å². The number of nitrogens with zero attached hydrogens (tertiary/aromatic N) is 2. The molecule has 2 N–H and O–H groups in total. The Morgan fingerprint density at radius 3 is 3.20 bits per heavy atom. The van der Waals surface area contributed by atoms with Gasteiger partial charge in [0.1, 0.15) is 12.0 Å². The van der Waals surface area contributed by atoms with Gasteiger partial charge in [0, 0.05) is 6.07 Å². The van der Waals surface area contributed by atoms with Crippen LogP contribution in [0.5, 0.6) is 0 Å². The number of aromatic nitrogens is 4. The predicted molar refractivity (Wildman–Crippen MR) is 33.6 cm³/mol. The second kappa shape index (κ2) is 1.66. The van der Waals surface area contributed by atoms with Crippen molar-refractivity contribution in [3.63, 3.8) is 0 Å². The summed E-state index contributed by atoms with van der Waals surface area (Å²) in [5.41, 5.74) is 0.367. The molecule has 0 radical (unpaired) electrons. The van der Waals surface area contributed by atoms with Crippen molar-refractivity contribution in [3.8, 4) is 11.5 Å². The van der Waals surface area contributed by atoms with E-state index < -0.39 is 0 Å². The van der Waals surface area contributed by atoms with Gasteiger partial charge in [0.25, 0.3) is 5.56 Å². The second-order valence-electron chi connectivity index (χ2n) is 1.86. The Bertz CT molecular complexity index is 329. The number of aromatic amines is 2. The third-order valence-corrected chi connectivity index (χ3v) is 1.18. The maximum absolute atomic E-state index is 10.6. The summed E-state index contributed by atoms with van der Waals surface area (Å²) in [7, 11) is 0. The zero-order valence-electron chi connectivity index (χ0n) is 4.96. The molecule has 0 saturated carbocycles. The molecule has 0 aromatic carbocycles. The van der Waals surface area contributed by atoms with Gasteiger partial charge < -0.3 is 0 Å². The first kappa shape index (κ1) is 5.16. The zero-order valence-corrected chi connectivity index (χ0v) is 4.96. The normalized spacial score (nSPS) is 10.4. The minimum atomic E-state index is -0.265. The molecule has 0 aliphatic carbocycles. The summed E-state index contributed by atoms with van der Waals surface area (Å²) in [6, 6.07) is 1.39. The molecule has 0 saturated heterocycles. The highest BCUT2D eigenvalue weighted by molar-refractivity contribution is 5.48. The Balaban J connectivity index is 2.88. The summed E-state index contributed by atoms with van der Waals surface area (Å²) in [5, 5.41) is 5.36. The van der Waals surface area contributed by atoms with E-state index in [-0.39, 0.29) is 5.56 Å². The number of hydrogen-bond acceptors (Lipinski definition) is 3. The van der Waals surface area contributed by atoms with E-state index in [1.807, 2.05) is 0 Å². The molecule has 2 aliphatic heterocycles. The van der Waals surface area contributed by atoms with Crippen LogP contribution in [0.1, 0.15) is 0 Å². The molecule has 0 amide bonds. The lowest BCUT2D eigenvalue weighted by atomic mass is 10.4. The molecule has 0 atom stereocenters. The fourth-order valence-electron chi connectivity index (χ4n) is 0.779. The molecule has 0 spiro atoms. The summed E-state index contributed by atoms with van der Waals surface area (Å²) in [6.45, 7) is 0. The standard InChI is InChI=1S/C5H4N4O/c10-4-1-3-5(8-4)6-2-7-9-3/h1-2,9H,(H,6,7,8,10). The van der Waals surface area contributed by atoms with E-state index in [4.69, 9.17) is 0 Å². The molecule has 2 aliphatic rings. The molecule has 2 rings (SSSR count). The highest BCUT2D eigenvalue weighted by atomic mass is 16.1. The van der Waals surface area contributed by atoms with E-state index >= 15 is 0 Å². The molecule has 0 unspecified atom stereocenters. The van der Waals surface area contributed by atoms with Crippen molar-refractivity contribution in [3.05, 3.63) is 22.7 Å². The van der Waals surface area contributed by atoms with Crippen LogP contribution in [0, 0.1) is 0 Å². The number of nitrogens with one attached hydrogen (secondary N) is 2. The van der Waals surface area contributed by atoms with Crippen LogP contribution in [0.4, 0.5) is 0 Å². The maximum Gasteiger partial charge on any atom is 0.274 e. The Morgan fingerprint density at radius 2 is 2.40 bits per heavy atom. The van der Waals surface area contributed by atoms with Crippen LogP contribution < -0.4 is 5.56 Å². The molecule has 0 fully saturated rings. The lowest BCUT2D eigenvalue weighted by molar-refractivity contribution is 0.964. The van der Waals surface area contributed by atoms with Crippen molar-refractivity contribution in [2.45, 2.75) is 0 Å². The van der Waals surface area contributed by atoms with Gasteiger partial charge in [0.15, 0.2) is 5.82 Å². The van der Waals surface area contributed by atoms with Gasteiger partial charge in [-0.25, -0.2) is 4.98 Å². The fraction of sp³-hybridized carbons (Fsp3) is 0. The lowest BCUT2D eigenvalue weighted by Crippen LogP contribution is -1.94. The van der Waals surface area contributed by atoms with Gasteiger partial charge in [-0.2, -0.15) is 4.98 Å². The summed E-state index contributed by atoms with van der Waals surface area (Å²) >= 11 is 0. The van der Waals surface area contributed by atoms with E-state index in [0.29, 0.717) is 11.5 Å². The van der Waals surface area contributed by atoms with Gasteiger partial charge in [0.2, 0.25) is 0 Å². The van der Waals surface area contributed by atoms with E-state index in [1.54, 1.807) is 0 Å². The first-order chi connectivity index (χ1) is 4.86. The molecule has 0 bridgehead atoms. The van der Waals surface area contributed by atoms with E-state index in [9.17, 15) is 4.79 Å². The Labute approximate surface area is 55.5 Å². The molecule has 0 aromatic heterocycles. The largest absolute Gasteiger partial charge is 0.296 e. The van der Waals surface area contributed by atoms with Crippen molar-refractivity contribution >= 4 is 0 Å². The lowest BCUT2D eigenvalue weighted by Gasteiger charge is -1.91. The van der Waals surface area contributed by atoms with Crippen LogP contribution in [0.2, 0.25) is 0 Å². The van der Waals surface area contributed by atoms with Crippen LogP contribution in [0.15, 0.2) is 17.2 Å². The molecular weight excluding hydrogens is 132 g/mol. The quantitative estimate of drug-likeness (QED) is 0.517. The minimum Gasteiger partial charge on any atom is -0.296 e. The SMILES string of the molecule is O=c1cc2[nH][nH]cnc-2n1. The van der Waals surface area contributed by atoms with E-state index in [0.717, 1.165) is 0 Å². The van der Waals surface area contributed by atoms with Gasteiger partial charge in [0.05, 0.1) is 0 Å². The van der Waals surface area contributed by atoms with E-state index in [1.165, 1.54) is 12.4 Å². The second-order valence-corrected chi connectivity index (χ2v) is 1.86. The molecule has 2 heterocycles.